The van der Waals surface area contributed by atoms with Crippen LogP contribution >= 0.6 is 0 Å². The second kappa shape index (κ2) is 5.86. The number of hydrogen-bond acceptors (Lipinski definition) is 1. The number of nitrogens with one attached hydrogen (secondary N) is 1. The van der Waals surface area contributed by atoms with Crippen LogP contribution in [0.5, 0.6) is 0 Å². The number of benzene rings is 1. The van der Waals surface area contributed by atoms with Gasteiger partial charge in [-0.1, -0.05) is 25.5 Å². The van der Waals surface area contributed by atoms with Crippen molar-refractivity contribution in [1.82, 2.24) is 5.32 Å². The van der Waals surface area contributed by atoms with Crippen LogP contribution in [0.4, 0.5) is 4.39 Å². The van der Waals surface area contributed by atoms with E-state index in [1.165, 1.54) is 0 Å². The van der Waals surface area contributed by atoms with Gasteiger partial charge in [-0.2, -0.15) is 0 Å². The van der Waals surface area contributed by atoms with E-state index in [9.17, 15) is 4.39 Å². The monoisotopic (exact) mass is 209 g/mol. The van der Waals surface area contributed by atoms with Crippen LogP contribution < -0.4 is 5.32 Å². The average molecular weight is 209 g/mol. The summed E-state index contributed by atoms with van der Waals surface area (Å²) in [6, 6.07) is 5.69. The SMILES string of the molecule is CCCCc1cc(C(C)NC)ccc1F. The molecule has 1 aromatic carbocycles. The van der Waals surface area contributed by atoms with Crippen LogP contribution in [0, 0.1) is 5.82 Å². The van der Waals surface area contributed by atoms with Gasteiger partial charge in [0.05, 0.1) is 0 Å². The zero-order chi connectivity index (χ0) is 11.3. The summed E-state index contributed by atoms with van der Waals surface area (Å²) < 4.78 is 13.4. The highest BCUT2D eigenvalue weighted by molar-refractivity contribution is 5.27. The molecule has 0 amide bonds. The smallest absolute Gasteiger partial charge is 0.126 e. The number of hydrogen-bond donors (Lipinski definition) is 1. The van der Waals surface area contributed by atoms with Gasteiger partial charge in [-0.25, -0.2) is 4.39 Å². The van der Waals surface area contributed by atoms with Crippen molar-refractivity contribution in [2.45, 2.75) is 39.2 Å². The summed E-state index contributed by atoms with van der Waals surface area (Å²) in [7, 11) is 1.92. The standard InChI is InChI=1S/C13H20FN/c1-4-5-6-12-9-11(10(2)15-3)7-8-13(12)14/h7-10,15H,4-6H2,1-3H3. The predicted molar refractivity (Wildman–Crippen MR) is 62.5 cm³/mol. The molecule has 2 heteroatoms. The normalized spacial score (nSPS) is 12.8. The third kappa shape index (κ3) is 3.31. The fourth-order valence-corrected chi connectivity index (χ4v) is 1.59. The first-order chi connectivity index (χ1) is 7.19. The molecule has 0 saturated heterocycles. The highest BCUT2D eigenvalue weighted by Gasteiger charge is 2.07. The van der Waals surface area contributed by atoms with E-state index in [1.807, 2.05) is 19.2 Å². The highest BCUT2D eigenvalue weighted by atomic mass is 19.1. The molecule has 1 rings (SSSR count). The second-order valence-corrected chi connectivity index (χ2v) is 3.96. The zero-order valence-corrected chi connectivity index (χ0v) is 9.81. The molecule has 0 saturated carbocycles. The van der Waals surface area contributed by atoms with Crippen LogP contribution in [0.2, 0.25) is 0 Å². The Morgan fingerprint density at radius 2 is 2.13 bits per heavy atom. The Balaban J connectivity index is 2.84. The first-order valence-corrected chi connectivity index (χ1v) is 5.64. The molecule has 1 aromatic rings. The summed E-state index contributed by atoms with van der Waals surface area (Å²) in [5.41, 5.74) is 2.00. The first-order valence-electron chi connectivity index (χ1n) is 5.64. The van der Waals surface area contributed by atoms with Gasteiger partial charge in [0.2, 0.25) is 0 Å². The van der Waals surface area contributed by atoms with Crippen LogP contribution in [0.25, 0.3) is 0 Å². The van der Waals surface area contributed by atoms with Crippen molar-refractivity contribution in [2.75, 3.05) is 7.05 Å². The van der Waals surface area contributed by atoms with Gasteiger partial charge in [-0.3, -0.25) is 0 Å². The lowest BCUT2D eigenvalue weighted by Gasteiger charge is -2.12. The van der Waals surface area contributed by atoms with Crippen molar-refractivity contribution in [2.24, 2.45) is 0 Å². The van der Waals surface area contributed by atoms with E-state index in [-0.39, 0.29) is 11.9 Å². The molecule has 0 aliphatic carbocycles. The van der Waals surface area contributed by atoms with E-state index >= 15 is 0 Å². The van der Waals surface area contributed by atoms with Gasteiger partial charge in [0.15, 0.2) is 0 Å². The maximum absolute atomic E-state index is 13.4. The quantitative estimate of drug-likeness (QED) is 0.783. The molecule has 0 aliphatic heterocycles. The molecule has 0 fully saturated rings. The van der Waals surface area contributed by atoms with Crippen molar-refractivity contribution >= 4 is 0 Å². The van der Waals surface area contributed by atoms with E-state index in [0.29, 0.717) is 0 Å². The second-order valence-electron chi connectivity index (χ2n) is 3.96. The Kier molecular flexibility index (Phi) is 4.76. The summed E-state index contributed by atoms with van der Waals surface area (Å²) in [4.78, 5) is 0. The predicted octanol–water partition coefficient (Wildman–Crippen LogP) is 3.45. The van der Waals surface area contributed by atoms with E-state index in [0.717, 1.165) is 30.4 Å². The lowest BCUT2D eigenvalue weighted by molar-refractivity contribution is 0.595. The maximum atomic E-state index is 13.4. The van der Waals surface area contributed by atoms with Crippen molar-refractivity contribution in [3.05, 3.63) is 35.1 Å². The van der Waals surface area contributed by atoms with Crippen LogP contribution in [-0.4, -0.2) is 7.05 Å². The molecule has 0 spiro atoms. The van der Waals surface area contributed by atoms with Crippen LogP contribution in [-0.2, 0) is 6.42 Å². The molecule has 0 radical (unpaired) electrons. The topological polar surface area (TPSA) is 12.0 Å². The Morgan fingerprint density at radius 3 is 2.73 bits per heavy atom. The minimum atomic E-state index is -0.0736. The van der Waals surface area contributed by atoms with E-state index in [4.69, 9.17) is 0 Å². The van der Waals surface area contributed by atoms with Gasteiger partial charge in [-0.05, 0) is 44.0 Å². The molecular formula is C13H20FN. The van der Waals surface area contributed by atoms with E-state index in [1.54, 1.807) is 6.07 Å². The Labute approximate surface area is 91.7 Å². The minimum absolute atomic E-state index is 0.0736. The third-order valence-corrected chi connectivity index (χ3v) is 2.80. The lowest BCUT2D eigenvalue weighted by atomic mass is 10.0. The molecular weight excluding hydrogens is 189 g/mol. The number of halogens is 1. The molecule has 1 N–H and O–H groups in total. The van der Waals surface area contributed by atoms with Gasteiger partial charge >= 0.3 is 0 Å². The third-order valence-electron chi connectivity index (χ3n) is 2.80. The minimum Gasteiger partial charge on any atom is -0.313 e. The zero-order valence-electron chi connectivity index (χ0n) is 9.81. The Hall–Kier alpha value is -0.890. The maximum Gasteiger partial charge on any atom is 0.126 e. The Morgan fingerprint density at radius 1 is 1.40 bits per heavy atom. The fourth-order valence-electron chi connectivity index (χ4n) is 1.59. The van der Waals surface area contributed by atoms with Gasteiger partial charge in [0, 0.05) is 6.04 Å². The van der Waals surface area contributed by atoms with Crippen LogP contribution in [0.1, 0.15) is 43.9 Å². The Bertz CT molecular complexity index is 309. The molecule has 0 aliphatic rings. The van der Waals surface area contributed by atoms with Gasteiger partial charge in [0.25, 0.3) is 0 Å². The van der Waals surface area contributed by atoms with Crippen molar-refractivity contribution in [1.29, 1.82) is 0 Å². The summed E-state index contributed by atoms with van der Waals surface area (Å²) in [6.45, 7) is 4.20. The van der Waals surface area contributed by atoms with Gasteiger partial charge < -0.3 is 5.32 Å². The van der Waals surface area contributed by atoms with Crippen LogP contribution in [0.15, 0.2) is 18.2 Å². The van der Waals surface area contributed by atoms with Crippen molar-refractivity contribution < 1.29 is 4.39 Å². The molecule has 0 heterocycles. The van der Waals surface area contributed by atoms with Crippen molar-refractivity contribution in [3.63, 3.8) is 0 Å². The molecule has 1 unspecified atom stereocenters. The molecule has 1 atom stereocenters. The van der Waals surface area contributed by atoms with Crippen molar-refractivity contribution in [3.8, 4) is 0 Å². The summed E-state index contributed by atoms with van der Waals surface area (Å²) in [5, 5.41) is 3.16. The van der Waals surface area contributed by atoms with E-state index in [2.05, 4.69) is 19.2 Å². The lowest BCUT2D eigenvalue weighted by Crippen LogP contribution is -2.12. The highest BCUT2D eigenvalue weighted by Crippen LogP contribution is 2.18. The number of unbranched alkanes of at least 4 members (excludes halogenated alkanes) is 1. The summed E-state index contributed by atoms with van der Waals surface area (Å²) >= 11 is 0. The summed E-state index contributed by atoms with van der Waals surface area (Å²) in [5.74, 6) is -0.0736. The largest absolute Gasteiger partial charge is 0.313 e. The molecule has 0 aromatic heterocycles. The van der Waals surface area contributed by atoms with E-state index < -0.39 is 0 Å². The van der Waals surface area contributed by atoms with Gasteiger partial charge in [0.1, 0.15) is 5.82 Å². The average Bonchev–Trinajstić information content (AvgIpc) is 2.27. The van der Waals surface area contributed by atoms with Gasteiger partial charge in [-0.15, -0.1) is 0 Å². The van der Waals surface area contributed by atoms with Crippen LogP contribution in [0.3, 0.4) is 0 Å². The fraction of sp³-hybridized carbons (Fsp3) is 0.538. The molecule has 84 valence electrons. The number of rotatable bonds is 5. The number of aryl methyl sites for hydroxylation is 1. The molecule has 1 nitrogen and oxygen atoms in total. The molecule has 15 heavy (non-hydrogen) atoms. The molecule has 0 bridgehead atoms. The summed E-state index contributed by atoms with van der Waals surface area (Å²) in [6.07, 6.45) is 2.99. The first kappa shape index (κ1) is 12.2.